The van der Waals surface area contributed by atoms with Crippen LogP contribution in [-0.2, 0) is 11.3 Å². The molecule has 2 aromatic rings. The predicted octanol–water partition coefficient (Wildman–Crippen LogP) is 2.93. The first kappa shape index (κ1) is 22.1. The summed E-state index contributed by atoms with van der Waals surface area (Å²) >= 11 is 0. The van der Waals surface area contributed by atoms with Crippen LogP contribution in [0.4, 0.5) is 0 Å². The molecule has 0 saturated carbocycles. The lowest BCUT2D eigenvalue weighted by atomic mass is 9.70. The largest absolute Gasteiger partial charge is 0.493 e. The number of aliphatic hydroxyl groups is 1. The minimum atomic E-state index is -0.501. The van der Waals surface area contributed by atoms with E-state index in [9.17, 15) is 9.90 Å². The van der Waals surface area contributed by atoms with Crippen LogP contribution in [0.2, 0.25) is 0 Å². The molecule has 2 heterocycles. The number of carbonyl (C=O) groups is 1. The summed E-state index contributed by atoms with van der Waals surface area (Å²) in [6.45, 7) is 4.56. The van der Waals surface area contributed by atoms with Crippen molar-refractivity contribution in [1.29, 1.82) is 5.41 Å². The summed E-state index contributed by atoms with van der Waals surface area (Å²) in [6, 6.07) is 5.55. The van der Waals surface area contributed by atoms with Crippen molar-refractivity contribution in [3.8, 4) is 17.4 Å². The van der Waals surface area contributed by atoms with Crippen molar-refractivity contribution in [1.82, 2.24) is 9.55 Å². The molecule has 0 unspecified atom stereocenters. The molecule has 32 heavy (non-hydrogen) atoms. The number of ether oxygens (including phenoxy) is 3. The summed E-state index contributed by atoms with van der Waals surface area (Å²) in [5, 5.41) is 18.1. The second-order valence-electron chi connectivity index (χ2n) is 9.01. The maximum absolute atomic E-state index is 13.4. The number of benzene rings is 1. The Morgan fingerprint density at radius 3 is 2.69 bits per heavy atom. The number of rotatable bonds is 6. The van der Waals surface area contributed by atoms with Crippen LogP contribution in [0, 0.1) is 10.8 Å². The molecule has 0 bridgehead atoms. The number of aryl methyl sites for hydroxylation is 1. The first-order valence-corrected chi connectivity index (χ1v) is 10.7. The van der Waals surface area contributed by atoms with Crippen molar-refractivity contribution < 1.29 is 24.1 Å². The lowest BCUT2D eigenvalue weighted by Crippen LogP contribution is -2.37. The van der Waals surface area contributed by atoms with E-state index in [1.807, 2.05) is 12.1 Å². The number of allylic oxidation sites excluding steroid dienone is 2. The van der Waals surface area contributed by atoms with Gasteiger partial charge in [0.15, 0.2) is 17.3 Å². The van der Waals surface area contributed by atoms with E-state index in [-0.39, 0.29) is 23.3 Å². The van der Waals surface area contributed by atoms with Crippen molar-refractivity contribution in [2.24, 2.45) is 5.41 Å². The van der Waals surface area contributed by atoms with Crippen molar-refractivity contribution in [3.63, 3.8) is 0 Å². The fourth-order valence-electron chi connectivity index (χ4n) is 4.58. The summed E-state index contributed by atoms with van der Waals surface area (Å²) in [5.41, 5.74) is 1.94. The molecule has 0 saturated heterocycles. The van der Waals surface area contributed by atoms with Gasteiger partial charge in [0.1, 0.15) is 17.6 Å². The Labute approximate surface area is 187 Å². The number of ketones is 1. The smallest absolute Gasteiger partial charge is 0.228 e. The first-order valence-electron chi connectivity index (χ1n) is 10.7. The van der Waals surface area contributed by atoms with Crippen LogP contribution < -0.4 is 19.7 Å². The Bertz CT molecular complexity index is 1150. The number of fused-ring (bicyclic) bond motifs is 1. The van der Waals surface area contributed by atoms with Gasteiger partial charge in [-0.1, -0.05) is 19.9 Å². The fraction of sp³-hybridized carbons (Fsp3) is 0.458. The number of hydrogen-bond donors (Lipinski definition) is 2. The van der Waals surface area contributed by atoms with Gasteiger partial charge in [0.2, 0.25) is 5.88 Å². The molecule has 2 N–H and O–H groups in total. The van der Waals surface area contributed by atoms with Gasteiger partial charge < -0.3 is 23.9 Å². The number of aromatic nitrogens is 2. The molecule has 0 radical (unpaired) electrons. The monoisotopic (exact) mass is 439 g/mol. The van der Waals surface area contributed by atoms with Crippen LogP contribution in [0.15, 0.2) is 35.9 Å². The zero-order valence-electron chi connectivity index (χ0n) is 18.9. The molecule has 1 aliphatic carbocycles. The highest BCUT2D eigenvalue weighted by atomic mass is 16.5. The Morgan fingerprint density at radius 2 is 2.00 bits per heavy atom. The highest BCUT2D eigenvalue weighted by Crippen LogP contribution is 2.49. The minimum Gasteiger partial charge on any atom is -0.493 e. The third-order valence-electron chi connectivity index (χ3n) is 6.06. The molecule has 1 atom stereocenters. The molecule has 1 aliphatic heterocycles. The van der Waals surface area contributed by atoms with E-state index >= 15 is 0 Å². The van der Waals surface area contributed by atoms with E-state index in [1.54, 1.807) is 31.2 Å². The summed E-state index contributed by atoms with van der Waals surface area (Å²) in [7, 11) is 3.14. The van der Waals surface area contributed by atoms with E-state index in [0.717, 1.165) is 5.56 Å². The van der Waals surface area contributed by atoms with Gasteiger partial charge in [0, 0.05) is 31.6 Å². The molecule has 4 rings (SSSR count). The molecule has 0 spiro atoms. The molecule has 8 heteroatoms. The van der Waals surface area contributed by atoms with Crippen molar-refractivity contribution >= 4 is 5.78 Å². The summed E-state index contributed by atoms with van der Waals surface area (Å²) in [5.74, 6) is 1.62. The number of hydrogen-bond acceptors (Lipinski definition) is 7. The highest BCUT2D eigenvalue weighted by molar-refractivity contribution is 6.00. The van der Waals surface area contributed by atoms with Crippen LogP contribution >= 0.6 is 0 Å². The van der Waals surface area contributed by atoms with E-state index in [2.05, 4.69) is 18.8 Å². The van der Waals surface area contributed by atoms with Gasteiger partial charge in [-0.2, -0.15) is 0 Å². The molecular formula is C24H29N3O5. The van der Waals surface area contributed by atoms with Crippen LogP contribution in [-0.4, -0.2) is 41.3 Å². The van der Waals surface area contributed by atoms with E-state index in [0.29, 0.717) is 60.1 Å². The minimum absolute atomic E-state index is 0.0159. The number of methoxy groups -OCH3 is 2. The van der Waals surface area contributed by atoms with E-state index in [4.69, 9.17) is 19.6 Å². The van der Waals surface area contributed by atoms with Gasteiger partial charge in [0.05, 0.1) is 25.7 Å². The van der Waals surface area contributed by atoms with Gasteiger partial charge in [-0.3, -0.25) is 10.2 Å². The SMILES string of the molecule is COc1ccc([C@H]2C3=C(CC(C)(C)CC3=O)Oc3ncn(CCCO)c(=N)c32)cc1OC. The summed E-state index contributed by atoms with van der Waals surface area (Å²) in [6.07, 6.45) is 3.09. The molecule has 0 fully saturated rings. The van der Waals surface area contributed by atoms with Gasteiger partial charge >= 0.3 is 0 Å². The van der Waals surface area contributed by atoms with Gasteiger partial charge in [-0.25, -0.2) is 4.98 Å². The fourth-order valence-corrected chi connectivity index (χ4v) is 4.58. The predicted molar refractivity (Wildman–Crippen MR) is 117 cm³/mol. The normalized spacial score (nSPS) is 19.2. The van der Waals surface area contributed by atoms with Crippen LogP contribution in [0.25, 0.3) is 0 Å². The lowest BCUT2D eigenvalue weighted by Gasteiger charge is -2.38. The number of nitrogens with zero attached hydrogens (tertiary/aromatic N) is 2. The first-order chi connectivity index (χ1) is 15.3. The Kier molecular flexibility index (Phi) is 5.81. The average Bonchev–Trinajstić information content (AvgIpc) is 2.76. The molecule has 170 valence electrons. The second-order valence-corrected chi connectivity index (χ2v) is 9.01. The molecule has 8 nitrogen and oxygen atoms in total. The van der Waals surface area contributed by atoms with Crippen LogP contribution in [0.3, 0.4) is 0 Å². The third-order valence-corrected chi connectivity index (χ3v) is 6.06. The van der Waals surface area contributed by atoms with Gasteiger partial charge in [-0.05, 0) is 29.5 Å². The molecule has 1 aromatic heterocycles. The second kappa shape index (κ2) is 8.43. The number of carbonyl (C=O) groups excluding carboxylic acids is 1. The summed E-state index contributed by atoms with van der Waals surface area (Å²) in [4.78, 5) is 17.9. The van der Waals surface area contributed by atoms with Crippen LogP contribution in [0.5, 0.6) is 17.4 Å². The zero-order valence-corrected chi connectivity index (χ0v) is 18.9. The lowest BCUT2D eigenvalue weighted by molar-refractivity contribution is -0.118. The standard InChI is InChI=1S/C24H29N3O5/c1-24(2)11-15(29)20-18(12-24)32-23-21(22(25)27(13-26-23)8-5-9-28)19(20)14-6-7-16(30-3)17(10-14)31-4/h6-7,10,13,19,25,28H,5,8-9,11-12H2,1-4H3/t19-/m0/s1. The number of aliphatic hydroxyl groups excluding tert-OH is 1. The van der Waals surface area contributed by atoms with Crippen LogP contribution in [0.1, 0.15) is 50.2 Å². The average molecular weight is 440 g/mol. The molecule has 1 aromatic carbocycles. The quantitative estimate of drug-likeness (QED) is 0.717. The van der Waals surface area contributed by atoms with Crippen molar-refractivity contribution in [3.05, 3.63) is 52.5 Å². The van der Waals surface area contributed by atoms with Gasteiger partial charge in [0.25, 0.3) is 0 Å². The van der Waals surface area contributed by atoms with Crippen molar-refractivity contribution in [2.75, 3.05) is 20.8 Å². The number of Topliss-reactive ketones (excluding diaryl/α,β-unsaturated/α-hetero) is 1. The van der Waals surface area contributed by atoms with E-state index in [1.165, 1.54) is 0 Å². The third kappa shape index (κ3) is 3.79. The zero-order chi connectivity index (χ0) is 23.0. The summed E-state index contributed by atoms with van der Waals surface area (Å²) < 4.78 is 18.7. The highest BCUT2D eigenvalue weighted by Gasteiger charge is 2.43. The maximum atomic E-state index is 13.4. The van der Waals surface area contributed by atoms with Crippen molar-refractivity contribution in [2.45, 2.75) is 45.6 Å². The van der Waals surface area contributed by atoms with Gasteiger partial charge in [-0.15, -0.1) is 0 Å². The number of nitrogens with one attached hydrogen (secondary N) is 1. The van der Waals surface area contributed by atoms with E-state index < -0.39 is 5.92 Å². The Morgan fingerprint density at radius 1 is 1.25 bits per heavy atom. The Hall–Kier alpha value is -3.13. The topological polar surface area (TPSA) is 107 Å². The molecule has 2 aliphatic rings. The Balaban J connectivity index is 1.95. The molecule has 0 amide bonds. The molecular weight excluding hydrogens is 410 g/mol. The maximum Gasteiger partial charge on any atom is 0.228 e.